The molecule has 0 amide bonds. The molecule has 0 unspecified atom stereocenters. The minimum Gasteiger partial charge on any atom is -0.481 e. The van der Waals surface area contributed by atoms with E-state index in [2.05, 4.69) is 10.3 Å². The van der Waals surface area contributed by atoms with Gasteiger partial charge in [-0.3, -0.25) is 0 Å². The first-order valence-corrected chi connectivity index (χ1v) is 6.21. The Morgan fingerprint density at radius 2 is 1.95 bits per heavy atom. The fourth-order valence-electron chi connectivity index (χ4n) is 1.76. The number of aromatic nitrogens is 1. The Morgan fingerprint density at radius 1 is 1.21 bits per heavy atom. The normalized spacial score (nSPS) is 10.5. The molecule has 1 heterocycles. The minimum absolute atomic E-state index is 0.137. The molecule has 1 N–H and O–H groups in total. The van der Waals surface area contributed by atoms with Crippen molar-refractivity contribution in [3.63, 3.8) is 0 Å². The van der Waals surface area contributed by atoms with Crippen molar-refractivity contribution in [2.75, 3.05) is 7.11 Å². The lowest BCUT2D eigenvalue weighted by Crippen LogP contribution is -2.14. The lowest BCUT2D eigenvalue weighted by Gasteiger charge is -2.09. The Kier molecular flexibility index (Phi) is 4.71. The van der Waals surface area contributed by atoms with Gasteiger partial charge in [-0.25, -0.2) is 9.37 Å². The van der Waals surface area contributed by atoms with Gasteiger partial charge in [0.05, 0.1) is 12.1 Å². The van der Waals surface area contributed by atoms with Gasteiger partial charge in [-0.2, -0.15) is 0 Å². The van der Waals surface area contributed by atoms with Crippen molar-refractivity contribution in [3.05, 3.63) is 58.5 Å². The Hall–Kier alpha value is -1.65. The molecule has 100 valence electrons. The summed E-state index contributed by atoms with van der Waals surface area (Å²) in [5, 5.41) is 3.28. The predicted molar refractivity (Wildman–Crippen MR) is 72.7 cm³/mol. The van der Waals surface area contributed by atoms with Crippen LogP contribution < -0.4 is 10.1 Å². The van der Waals surface area contributed by atoms with Crippen LogP contribution in [0, 0.1) is 5.82 Å². The second-order valence-electron chi connectivity index (χ2n) is 3.99. The third-order valence-electron chi connectivity index (χ3n) is 2.71. The highest BCUT2D eigenvalue weighted by molar-refractivity contribution is 6.30. The third kappa shape index (κ3) is 3.43. The molecule has 0 aliphatic rings. The van der Waals surface area contributed by atoms with Gasteiger partial charge in [0.1, 0.15) is 5.82 Å². The van der Waals surface area contributed by atoms with Crippen molar-refractivity contribution < 1.29 is 9.13 Å². The molecule has 0 bridgehead atoms. The van der Waals surface area contributed by atoms with Gasteiger partial charge in [-0.1, -0.05) is 29.8 Å². The highest BCUT2D eigenvalue weighted by Gasteiger charge is 2.07. The lowest BCUT2D eigenvalue weighted by molar-refractivity contribution is 0.390. The molecule has 0 aliphatic heterocycles. The monoisotopic (exact) mass is 280 g/mol. The molecular formula is C14H14ClFN2O. The number of benzene rings is 1. The number of hydrogen-bond donors (Lipinski definition) is 1. The zero-order valence-corrected chi connectivity index (χ0v) is 11.2. The summed E-state index contributed by atoms with van der Waals surface area (Å²) in [4.78, 5) is 4.10. The smallest absolute Gasteiger partial charge is 0.217 e. The van der Waals surface area contributed by atoms with Gasteiger partial charge in [0.25, 0.3) is 0 Å². The number of halogens is 2. The SMILES string of the molecule is COc1ncccc1CNCc1cccc(Cl)c1F. The summed E-state index contributed by atoms with van der Waals surface area (Å²) in [5.41, 5.74) is 1.46. The maximum atomic E-state index is 13.7. The van der Waals surface area contributed by atoms with Crippen LogP contribution in [0.25, 0.3) is 0 Å². The van der Waals surface area contributed by atoms with Gasteiger partial charge >= 0.3 is 0 Å². The van der Waals surface area contributed by atoms with Gasteiger partial charge in [-0.05, 0) is 12.1 Å². The van der Waals surface area contributed by atoms with Gasteiger partial charge in [0, 0.05) is 30.4 Å². The minimum atomic E-state index is -0.380. The summed E-state index contributed by atoms with van der Waals surface area (Å²) in [6, 6.07) is 8.71. The van der Waals surface area contributed by atoms with E-state index in [1.54, 1.807) is 25.4 Å². The molecule has 1 aromatic heterocycles. The molecule has 0 fully saturated rings. The topological polar surface area (TPSA) is 34.1 Å². The fraction of sp³-hybridized carbons (Fsp3) is 0.214. The lowest BCUT2D eigenvalue weighted by atomic mass is 10.2. The summed E-state index contributed by atoms with van der Waals surface area (Å²) < 4.78 is 18.8. The molecule has 2 rings (SSSR count). The standard InChI is InChI=1S/C14H14ClFN2O/c1-19-14-11(5-3-7-18-14)9-17-8-10-4-2-6-12(15)13(10)16/h2-7,17H,8-9H2,1H3. The Balaban J connectivity index is 1.98. The maximum Gasteiger partial charge on any atom is 0.217 e. The van der Waals surface area contributed by atoms with Gasteiger partial charge < -0.3 is 10.1 Å². The van der Waals surface area contributed by atoms with Crippen LogP contribution in [-0.2, 0) is 13.1 Å². The number of rotatable bonds is 5. The van der Waals surface area contributed by atoms with Crippen LogP contribution in [-0.4, -0.2) is 12.1 Å². The Labute approximate surface area is 116 Å². The Bertz CT molecular complexity index is 563. The van der Waals surface area contributed by atoms with E-state index in [-0.39, 0.29) is 10.8 Å². The van der Waals surface area contributed by atoms with Gasteiger partial charge in [0.2, 0.25) is 5.88 Å². The van der Waals surface area contributed by atoms with Crippen molar-refractivity contribution >= 4 is 11.6 Å². The highest BCUT2D eigenvalue weighted by atomic mass is 35.5. The molecule has 0 aliphatic carbocycles. The van der Waals surface area contributed by atoms with Crippen molar-refractivity contribution in [1.82, 2.24) is 10.3 Å². The molecule has 0 atom stereocenters. The van der Waals surface area contributed by atoms with E-state index in [4.69, 9.17) is 16.3 Å². The van der Waals surface area contributed by atoms with Crippen molar-refractivity contribution in [3.8, 4) is 5.88 Å². The molecule has 19 heavy (non-hydrogen) atoms. The first-order chi connectivity index (χ1) is 9.22. The average molecular weight is 281 g/mol. The number of hydrogen-bond acceptors (Lipinski definition) is 3. The molecular weight excluding hydrogens is 267 g/mol. The zero-order chi connectivity index (χ0) is 13.7. The quantitative estimate of drug-likeness (QED) is 0.913. The van der Waals surface area contributed by atoms with E-state index in [0.717, 1.165) is 5.56 Å². The number of ether oxygens (including phenoxy) is 1. The maximum absolute atomic E-state index is 13.7. The van der Waals surface area contributed by atoms with E-state index in [9.17, 15) is 4.39 Å². The van der Waals surface area contributed by atoms with Crippen LogP contribution in [0.4, 0.5) is 4.39 Å². The summed E-state index contributed by atoms with van der Waals surface area (Å²) in [7, 11) is 1.57. The van der Waals surface area contributed by atoms with E-state index >= 15 is 0 Å². The van der Waals surface area contributed by atoms with Crippen molar-refractivity contribution in [1.29, 1.82) is 0 Å². The van der Waals surface area contributed by atoms with Crippen LogP contribution in [0.2, 0.25) is 5.02 Å². The predicted octanol–water partition coefficient (Wildman–Crippen LogP) is 3.17. The summed E-state index contributed by atoms with van der Waals surface area (Å²) in [5.74, 6) is 0.191. The second-order valence-corrected chi connectivity index (χ2v) is 4.40. The Morgan fingerprint density at radius 3 is 2.74 bits per heavy atom. The second kappa shape index (κ2) is 6.50. The molecule has 3 nitrogen and oxygen atoms in total. The first kappa shape index (κ1) is 13.8. The van der Waals surface area contributed by atoms with Gasteiger partial charge in [-0.15, -0.1) is 0 Å². The van der Waals surface area contributed by atoms with E-state index in [1.165, 1.54) is 6.07 Å². The molecule has 0 saturated carbocycles. The molecule has 1 aromatic carbocycles. The van der Waals surface area contributed by atoms with Crippen LogP contribution >= 0.6 is 11.6 Å². The average Bonchev–Trinajstić information content (AvgIpc) is 2.44. The van der Waals surface area contributed by atoms with E-state index < -0.39 is 0 Å². The zero-order valence-electron chi connectivity index (χ0n) is 10.5. The van der Waals surface area contributed by atoms with Crippen LogP contribution in [0.5, 0.6) is 5.88 Å². The first-order valence-electron chi connectivity index (χ1n) is 5.84. The third-order valence-corrected chi connectivity index (χ3v) is 3.00. The number of nitrogens with one attached hydrogen (secondary N) is 1. The van der Waals surface area contributed by atoms with Crippen molar-refractivity contribution in [2.45, 2.75) is 13.1 Å². The molecule has 5 heteroatoms. The summed E-state index contributed by atoms with van der Waals surface area (Å²) in [6.45, 7) is 0.938. The fourth-order valence-corrected chi connectivity index (χ4v) is 1.95. The highest BCUT2D eigenvalue weighted by Crippen LogP contribution is 2.18. The van der Waals surface area contributed by atoms with Crippen LogP contribution in [0.3, 0.4) is 0 Å². The summed E-state index contributed by atoms with van der Waals surface area (Å²) in [6.07, 6.45) is 1.67. The van der Waals surface area contributed by atoms with E-state index in [0.29, 0.717) is 24.5 Å². The van der Waals surface area contributed by atoms with Crippen LogP contribution in [0.1, 0.15) is 11.1 Å². The molecule has 0 spiro atoms. The molecule has 2 aromatic rings. The number of pyridine rings is 1. The van der Waals surface area contributed by atoms with Crippen LogP contribution in [0.15, 0.2) is 36.5 Å². The largest absolute Gasteiger partial charge is 0.481 e. The van der Waals surface area contributed by atoms with E-state index in [1.807, 2.05) is 12.1 Å². The molecule has 0 radical (unpaired) electrons. The number of nitrogens with zero attached hydrogens (tertiary/aromatic N) is 1. The van der Waals surface area contributed by atoms with Gasteiger partial charge in [0.15, 0.2) is 0 Å². The molecule has 0 saturated heterocycles. The van der Waals surface area contributed by atoms with Crippen molar-refractivity contribution in [2.24, 2.45) is 0 Å². The number of methoxy groups -OCH3 is 1. The summed E-state index contributed by atoms with van der Waals surface area (Å²) >= 11 is 5.72.